The summed E-state index contributed by atoms with van der Waals surface area (Å²) in [6.07, 6.45) is 1.97. The molecule has 0 amide bonds. The molecule has 1 aromatic carbocycles. The van der Waals surface area contributed by atoms with E-state index in [1.165, 1.54) is 12.1 Å². The second-order valence-corrected chi connectivity index (χ2v) is 6.42. The number of rotatable bonds is 5. The molecule has 1 heterocycles. The Morgan fingerprint density at radius 1 is 1.25 bits per heavy atom. The first-order valence-corrected chi connectivity index (χ1v) is 7.36. The van der Waals surface area contributed by atoms with E-state index in [0.29, 0.717) is 25.2 Å². The molecule has 1 saturated heterocycles. The van der Waals surface area contributed by atoms with E-state index >= 15 is 0 Å². The van der Waals surface area contributed by atoms with Crippen LogP contribution in [0.15, 0.2) is 12.1 Å². The topological polar surface area (TPSA) is 15.3 Å². The van der Waals surface area contributed by atoms with E-state index in [2.05, 4.69) is 26.1 Å². The van der Waals surface area contributed by atoms with E-state index in [9.17, 15) is 8.78 Å². The zero-order valence-corrected chi connectivity index (χ0v) is 12.6. The van der Waals surface area contributed by atoms with E-state index in [4.69, 9.17) is 0 Å². The normalized spacial score (nSPS) is 17.8. The molecule has 20 heavy (non-hydrogen) atoms. The van der Waals surface area contributed by atoms with Crippen LogP contribution in [0.3, 0.4) is 0 Å². The molecule has 1 aliphatic rings. The Hall–Kier alpha value is -1.16. The number of nitrogens with one attached hydrogen (secondary N) is 1. The van der Waals surface area contributed by atoms with Gasteiger partial charge in [0.25, 0.3) is 0 Å². The summed E-state index contributed by atoms with van der Waals surface area (Å²) in [7, 11) is 0. The molecule has 0 radical (unpaired) electrons. The monoisotopic (exact) mass is 282 g/mol. The highest BCUT2D eigenvalue weighted by Crippen LogP contribution is 2.35. The molecular formula is C16H24F2N2. The van der Waals surface area contributed by atoms with Gasteiger partial charge in [-0.15, -0.1) is 0 Å². The fraction of sp³-hybridized carbons (Fsp3) is 0.625. The molecule has 0 aliphatic carbocycles. The Labute approximate surface area is 120 Å². The smallest absolute Gasteiger partial charge is 0.149 e. The van der Waals surface area contributed by atoms with Crippen LogP contribution in [0.2, 0.25) is 0 Å². The molecule has 0 spiro atoms. The predicted octanol–water partition coefficient (Wildman–Crippen LogP) is 3.70. The van der Waals surface area contributed by atoms with Gasteiger partial charge in [-0.25, -0.2) is 8.78 Å². The van der Waals surface area contributed by atoms with Crippen LogP contribution in [0.1, 0.15) is 39.2 Å². The lowest BCUT2D eigenvalue weighted by molar-refractivity contribution is 0.417. The summed E-state index contributed by atoms with van der Waals surface area (Å²) >= 11 is 0. The lowest BCUT2D eigenvalue weighted by Gasteiger charge is -2.23. The molecule has 1 fully saturated rings. The maximum absolute atomic E-state index is 14.2. The predicted molar refractivity (Wildman–Crippen MR) is 79.0 cm³/mol. The Morgan fingerprint density at radius 3 is 2.40 bits per heavy atom. The van der Waals surface area contributed by atoms with Gasteiger partial charge < -0.3 is 10.2 Å². The Balaban J connectivity index is 2.15. The molecular weight excluding hydrogens is 258 g/mol. The van der Waals surface area contributed by atoms with Gasteiger partial charge in [0.2, 0.25) is 0 Å². The van der Waals surface area contributed by atoms with Gasteiger partial charge in [0.1, 0.15) is 17.3 Å². The maximum atomic E-state index is 14.2. The van der Waals surface area contributed by atoms with E-state index in [0.717, 1.165) is 19.4 Å². The minimum atomic E-state index is -0.448. The maximum Gasteiger partial charge on any atom is 0.149 e. The van der Waals surface area contributed by atoms with Crippen LogP contribution in [0.5, 0.6) is 0 Å². The molecule has 0 saturated carbocycles. The van der Waals surface area contributed by atoms with Crippen molar-refractivity contribution in [3.63, 3.8) is 0 Å². The van der Waals surface area contributed by atoms with Gasteiger partial charge in [0.15, 0.2) is 0 Å². The summed E-state index contributed by atoms with van der Waals surface area (Å²) in [6.45, 7) is 9.10. The third-order valence-corrected chi connectivity index (χ3v) is 3.83. The van der Waals surface area contributed by atoms with Gasteiger partial charge in [0.05, 0.1) is 0 Å². The Morgan fingerprint density at radius 2 is 1.90 bits per heavy atom. The van der Waals surface area contributed by atoms with Gasteiger partial charge in [-0.2, -0.15) is 0 Å². The van der Waals surface area contributed by atoms with Crippen LogP contribution < -0.4 is 10.2 Å². The molecule has 2 nitrogen and oxygen atoms in total. The third-order valence-electron chi connectivity index (χ3n) is 3.83. The molecule has 0 atom stereocenters. The second kappa shape index (κ2) is 6.08. The second-order valence-electron chi connectivity index (χ2n) is 6.42. The molecule has 112 valence electrons. The van der Waals surface area contributed by atoms with Gasteiger partial charge in [0, 0.05) is 19.6 Å². The quantitative estimate of drug-likeness (QED) is 0.828. The SMILES string of the molecule is CCCNCc1cc(F)c(N2CCC(C)(C)C2)c(F)c1. The average molecular weight is 282 g/mol. The van der Waals surface area contributed by atoms with Crippen LogP contribution in [0, 0.1) is 17.0 Å². The van der Waals surface area contributed by atoms with Crippen molar-refractivity contribution in [2.45, 2.75) is 40.2 Å². The van der Waals surface area contributed by atoms with Crippen molar-refractivity contribution < 1.29 is 8.78 Å². The minimum Gasteiger partial charge on any atom is -0.366 e. The summed E-state index contributed by atoms with van der Waals surface area (Å²) in [5.74, 6) is -0.896. The van der Waals surface area contributed by atoms with Crippen molar-refractivity contribution in [1.82, 2.24) is 5.32 Å². The molecule has 1 aliphatic heterocycles. The van der Waals surface area contributed by atoms with Crippen LogP contribution >= 0.6 is 0 Å². The van der Waals surface area contributed by atoms with Crippen LogP contribution in [0.25, 0.3) is 0 Å². The molecule has 1 N–H and O–H groups in total. The van der Waals surface area contributed by atoms with Crippen LogP contribution in [-0.2, 0) is 6.54 Å². The molecule has 4 heteroatoms. The number of benzene rings is 1. The van der Waals surface area contributed by atoms with E-state index in [1.807, 2.05) is 4.90 Å². The zero-order chi connectivity index (χ0) is 14.8. The summed E-state index contributed by atoms with van der Waals surface area (Å²) in [5.41, 5.74) is 0.922. The molecule has 0 aromatic heterocycles. The Bertz CT molecular complexity index is 449. The molecule has 0 unspecified atom stereocenters. The standard InChI is InChI=1S/C16H24F2N2/c1-4-6-19-10-12-8-13(17)15(14(18)9-12)20-7-5-16(2,3)11-20/h8-9,19H,4-7,10-11H2,1-3H3. The summed E-state index contributed by atoms with van der Waals surface area (Å²) in [5, 5.41) is 3.16. The zero-order valence-electron chi connectivity index (χ0n) is 12.6. The van der Waals surface area contributed by atoms with Gasteiger partial charge >= 0.3 is 0 Å². The van der Waals surface area contributed by atoms with Crippen molar-refractivity contribution in [2.75, 3.05) is 24.5 Å². The van der Waals surface area contributed by atoms with E-state index < -0.39 is 11.6 Å². The van der Waals surface area contributed by atoms with Gasteiger partial charge in [-0.1, -0.05) is 20.8 Å². The highest BCUT2D eigenvalue weighted by atomic mass is 19.1. The van der Waals surface area contributed by atoms with Gasteiger partial charge in [-0.05, 0) is 42.5 Å². The van der Waals surface area contributed by atoms with E-state index in [1.54, 1.807) is 0 Å². The largest absolute Gasteiger partial charge is 0.366 e. The Kier molecular flexibility index (Phi) is 4.63. The number of nitrogens with zero attached hydrogens (tertiary/aromatic N) is 1. The number of hydrogen-bond donors (Lipinski definition) is 1. The highest BCUT2D eigenvalue weighted by Gasteiger charge is 2.32. The highest BCUT2D eigenvalue weighted by molar-refractivity contribution is 5.52. The van der Waals surface area contributed by atoms with Crippen LogP contribution in [0.4, 0.5) is 14.5 Å². The summed E-state index contributed by atoms with van der Waals surface area (Å²) in [4.78, 5) is 1.83. The lowest BCUT2D eigenvalue weighted by atomic mass is 9.93. The number of hydrogen-bond acceptors (Lipinski definition) is 2. The average Bonchev–Trinajstić information content (AvgIpc) is 2.69. The first-order chi connectivity index (χ1) is 9.43. The van der Waals surface area contributed by atoms with Crippen LogP contribution in [-0.4, -0.2) is 19.6 Å². The summed E-state index contributed by atoms with van der Waals surface area (Å²) in [6, 6.07) is 2.90. The van der Waals surface area contributed by atoms with Crippen molar-refractivity contribution in [1.29, 1.82) is 0 Å². The summed E-state index contributed by atoms with van der Waals surface area (Å²) < 4.78 is 28.4. The number of anilines is 1. The number of halogens is 2. The fourth-order valence-corrected chi connectivity index (χ4v) is 2.73. The van der Waals surface area contributed by atoms with E-state index in [-0.39, 0.29) is 11.1 Å². The fourth-order valence-electron chi connectivity index (χ4n) is 2.73. The molecule has 2 rings (SSSR count). The third kappa shape index (κ3) is 3.48. The minimum absolute atomic E-state index is 0.125. The first-order valence-electron chi connectivity index (χ1n) is 7.36. The van der Waals surface area contributed by atoms with Crippen molar-refractivity contribution in [2.24, 2.45) is 5.41 Å². The van der Waals surface area contributed by atoms with Crippen molar-refractivity contribution in [3.8, 4) is 0 Å². The van der Waals surface area contributed by atoms with Crippen molar-refractivity contribution >= 4 is 5.69 Å². The first kappa shape index (κ1) is 15.2. The molecule has 0 bridgehead atoms. The van der Waals surface area contributed by atoms with Crippen molar-refractivity contribution in [3.05, 3.63) is 29.3 Å². The molecule has 1 aromatic rings. The lowest BCUT2D eigenvalue weighted by Crippen LogP contribution is -2.25. The van der Waals surface area contributed by atoms with Gasteiger partial charge in [-0.3, -0.25) is 0 Å².